The Hall–Kier alpha value is -2.81. The molecule has 0 saturated heterocycles. The van der Waals surface area contributed by atoms with E-state index in [0.717, 1.165) is 37.1 Å². The number of hydrogen-bond acceptors (Lipinski definition) is 5. The minimum atomic E-state index is -4.69. The summed E-state index contributed by atoms with van der Waals surface area (Å²) < 4.78 is 49.2. The Bertz CT molecular complexity index is 838. The molecular formula is C19H21F3N2O4. The summed E-state index contributed by atoms with van der Waals surface area (Å²) in [6.07, 6.45) is -2.95. The molecule has 0 unspecified atom stereocenters. The molecule has 0 heterocycles. The standard InChI is InChI=1S/C19H21F3N2O4/c1-23(2)10-4-5-13-6-8-17(18(11-13)27-3)28-16-9-7-14(19(20,21)22)12-15(16)24(25)26/h6-9,11-12H,4-5,10H2,1-3H3. The highest BCUT2D eigenvalue weighted by Gasteiger charge is 2.33. The van der Waals surface area contributed by atoms with Crippen molar-refractivity contribution in [3.8, 4) is 17.2 Å². The van der Waals surface area contributed by atoms with Crippen molar-refractivity contribution in [1.29, 1.82) is 0 Å². The van der Waals surface area contributed by atoms with Gasteiger partial charge in [0.05, 0.1) is 17.6 Å². The molecule has 0 atom stereocenters. The van der Waals surface area contributed by atoms with Crippen molar-refractivity contribution in [2.45, 2.75) is 19.0 Å². The molecular weight excluding hydrogens is 377 g/mol. The van der Waals surface area contributed by atoms with Crippen LogP contribution in [0.5, 0.6) is 17.2 Å². The van der Waals surface area contributed by atoms with E-state index in [2.05, 4.69) is 4.90 Å². The van der Waals surface area contributed by atoms with Crippen LogP contribution >= 0.6 is 0 Å². The van der Waals surface area contributed by atoms with Crippen molar-refractivity contribution in [3.05, 3.63) is 57.6 Å². The second kappa shape index (κ2) is 8.92. The van der Waals surface area contributed by atoms with Gasteiger partial charge in [-0.2, -0.15) is 13.2 Å². The van der Waals surface area contributed by atoms with Crippen LogP contribution in [0, 0.1) is 10.1 Å². The number of nitro benzene ring substituents is 1. The number of alkyl halides is 3. The second-order valence-corrected chi connectivity index (χ2v) is 6.43. The van der Waals surface area contributed by atoms with Gasteiger partial charge in [-0.1, -0.05) is 6.07 Å². The van der Waals surface area contributed by atoms with Gasteiger partial charge in [-0.3, -0.25) is 10.1 Å². The average Bonchev–Trinajstić information content (AvgIpc) is 2.61. The summed E-state index contributed by atoms with van der Waals surface area (Å²) >= 11 is 0. The zero-order valence-electron chi connectivity index (χ0n) is 15.7. The topological polar surface area (TPSA) is 64.8 Å². The van der Waals surface area contributed by atoms with Crippen LogP contribution in [0.25, 0.3) is 0 Å². The molecule has 2 aromatic carbocycles. The molecule has 0 aliphatic carbocycles. The third kappa shape index (κ3) is 5.59. The van der Waals surface area contributed by atoms with E-state index in [0.29, 0.717) is 11.8 Å². The Balaban J connectivity index is 2.28. The van der Waals surface area contributed by atoms with Crippen molar-refractivity contribution < 1.29 is 27.6 Å². The van der Waals surface area contributed by atoms with Crippen molar-refractivity contribution in [2.75, 3.05) is 27.7 Å². The molecule has 0 bridgehead atoms. The van der Waals surface area contributed by atoms with Crippen LogP contribution in [0.15, 0.2) is 36.4 Å². The summed E-state index contributed by atoms with van der Waals surface area (Å²) in [6.45, 7) is 0.915. The summed E-state index contributed by atoms with van der Waals surface area (Å²) in [5.74, 6) is 0.231. The minimum Gasteiger partial charge on any atom is -0.493 e. The van der Waals surface area contributed by atoms with Crippen molar-refractivity contribution >= 4 is 5.69 Å². The number of nitrogens with zero attached hydrogens (tertiary/aromatic N) is 2. The fourth-order valence-electron chi connectivity index (χ4n) is 2.59. The lowest BCUT2D eigenvalue weighted by atomic mass is 10.1. The number of aryl methyl sites for hydroxylation is 1. The third-order valence-corrected chi connectivity index (χ3v) is 4.00. The van der Waals surface area contributed by atoms with Gasteiger partial charge in [0.2, 0.25) is 5.75 Å². The first-order valence-corrected chi connectivity index (χ1v) is 8.47. The predicted octanol–water partition coefficient (Wildman–Crippen LogP) is 4.91. The summed E-state index contributed by atoms with van der Waals surface area (Å²) in [7, 11) is 5.38. The fourth-order valence-corrected chi connectivity index (χ4v) is 2.59. The van der Waals surface area contributed by atoms with E-state index < -0.39 is 22.4 Å². The molecule has 28 heavy (non-hydrogen) atoms. The van der Waals surface area contributed by atoms with Crippen molar-refractivity contribution in [1.82, 2.24) is 4.90 Å². The van der Waals surface area contributed by atoms with Gasteiger partial charge in [0.15, 0.2) is 11.5 Å². The molecule has 0 amide bonds. The summed E-state index contributed by atoms with van der Waals surface area (Å²) in [6, 6.07) is 7.27. The highest BCUT2D eigenvalue weighted by atomic mass is 19.4. The molecule has 6 nitrogen and oxygen atoms in total. The Labute approximate surface area is 160 Å². The van der Waals surface area contributed by atoms with Gasteiger partial charge in [0.25, 0.3) is 0 Å². The van der Waals surface area contributed by atoms with Crippen molar-refractivity contribution in [3.63, 3.8) is 0 Å². The van der Waals surface area contributed by atoms with E-state index in [9.17, 15) is 23.3 Å². The van der Waals surface area contributed by atoms with Gasteiger partial charge in [-0.25, -0.2) is 0 Å². The highest BCUT2D eigenvalue weighted by molar-refractivity contribution is 5.53. The average molecular weight is 398 g/mol. The minimum absolute atomic E-state index is 0.182. The maximum absolute atomic E-state index is 12.8. The largest absolute Gasteiger partial charge is 0.493 e. The number of nitro groups is 1. The predicted molar refractivity (Wildman–Crippen MR) is 98.0 cm³/mol. The fraction of sp³-hybridized carbons (Fsp3) is 0.368. The van der Waals surface area contributed by atoms with E-state index in [1.165, 1.54) is 7.11 Å². The van der Waals surface area contributed by atoms with E-state index in [4.69, 9.17) is 9.47 Å². The molecule has 152 valence electrons. The maximum Gasteiger partial charge on any atom is 0.416 e. The van der Waals surface area contributed by atoms with Crippen LogP contribution in [0.4, 0.5) is 18.9 Å². The van der Waals surface area contributed by atoms with E-state index in [-0.39, 0.29) is 11.5 Å². The van der Waals surface area contributed by atoms with Crippen LogP contribution < -0.4 is 9.47 Å². The Morgan fingerprint density at radius 1 is 1.07 bits per heavy atom. The Morgan fingerprint density at radius 2 is 1.75 bits per heavy atom. The zero-order valence-corrected chi connectivity index (χ0v) is 15.7. The van der Waals surface area contributed by atoms with Crippen LogP contribution in [-0.4, -0.2) is 37.6 Å². The molecule has 0 N–H and O–H groups in total. The number of halogens is 3. The number of ether oxygens (including phenoxy) is 2. The normalized spacial score (nSPS) is 11.5. The quantitative estimate of drug-likeness (QED) is 0.467. The lowest BCUT2D eigenvalue weighted by Gasteiger charge is -2.14. The number of benzene rings is 2. The first-order valence-electron chi connectivity index (χ1n) is 8.47. The monoisotopic (exact) mass is 398 g/mol. The van der Waals surface area contributed by atoms with E-state index in [1.54, 1.807) is 18.2 Å². The number of hydrogen-bond donors (Lipinski definition) is 0. The number of rotatable bonds is 8. The van der Waals surface area contributed by atoms with Crippen LogP contribution in [0.3, 0.4) is 0 Å². The molecule has 0 fully saturated rings. The molecule has 0 spiro atoms. The smallest absolute Gasteiger partial charge is 0.416 e. The summed E-state index contributed by atoms with van der Waals surface area (Å²) in [4.78, 5) is 12.4. The molecule has 2 rings (SSSR count). The lowest BCUT2D eigenvalue weighted by molar-refractivity contribution is -0.385. The highest BCUT2D eigenvalue weighted by Crippen LogP contribution is 2.40. The van der Waals surface area contributed by atoms with E-state index in [1.807, 2.05) is 14.1 Å². The Morgan fingerprint density at radius 3 is 2.32 bits per heavy atom. The van der Waals surface area contributed by atoms with Gasteiger partial charge in [-0.15, -0.1) is 0 Å². The Kier molecular flexibility index (Phi) is 6.85. The van der Waals surface area contributed by atoms with Crippen LogP contribution in [0.2, 0.25) is 0 Å². The molecule has 0 saturated carbocycles. The first-order chi connectivity index (χ1) is 13.1. The zero-order chi connectivity index (χ0) is 20.9. The first kappa shape index (κ1) is 21.5. The summed E-state index contributed by atoms with van der Waals surface area (Å²) in [5, 5.41) is 11.2. The molecule has 0 aliphatic rings. The van der Waals surface area contributed by atoms with Crippen molar-refractivity contribution in [2.24, 2.45) is 0 Å². The van der Waals surface area contributed by atoms with Gasteiger partial charge in [0.1, 0.15) is 0 Å². The molecule has 9 heteroatoms. The maximum atomic E-state index is 12.8. The molecule has 0 aliphatic heterocycles. The third-order valence-electron chi connectivity index (χ3n) is 4.00. The SMILES string of the molecule is COc1cc(CCCN(C)C)ccc1Oc1ccc(C(F)(F)F)cc1[N+](=O)[O-]. The van der Waals surface area contributed by atoms with Gasteiger partial charge in [-0.05, 0) is 63.3 Å². The molecule has 0 aromatic heterocycles. The molecule has 2 aromatic rings. The van der Waals surface area contributed by atoms with Gasteiger partial charge < -0.3 is 14.4 Å². The number of methoxy groups -OCH3 is 1. The van der Waals surface area contributed by atoms with Gasteiger partial charge >= 0.3 is 11.9 Å². The van der Waals surface area contributed by atoms with E-state index >= 15 is 0 Å². The van der Waals surface area contributed by atoms with Crippen LogP contribution in [-0.2, 0) is 12.6 Å². The lowest BCUT2D eigenvalue weighted by Crippen LogP contribution is -2.13. The van der Waals surface area contributed by atoms with Gasteiger partial charge in [0, 0.05) is 6.07 Å². The van der Waals surface area contributed by atoms with Crippen LogP contribution in [0.1, 0.15) is 17.5 Å². The molecule has 0 radical (unpaired) electrons. The second-order valence-electron chi connectivity index (χ2n) is 6.43. The summed E-state index contributed by atoms with van der Waals surface area (Å²) in [5.41, 5.74) is -0.894.